The Morgan fingerprint density at radius 3 is 2.67 bits per heavy atom. The van der Waals surface area contributed by atoms with Crippen LogP contribution in [0, 0.1) is 0 Å². The topological polar surface area (TPSA) is 63.8 Å². The highest BCUT2D eigenvalue weighted by Gasteiger charge is 1.96. The molecule has 1 heterocycles. The van der Waals surface area contributed by atoms with Crippen LogP contribution in [-0.2, 0) is 0 Å². The third-order valence-electron chi connectivity index (χ3n) is 1.20. The zero-order chi connectivity index (χ0) is 8.97. The Kier molecular flexibility index (Phi) is 3.25. The van der Waals surface area contributed by atoms with Gasteiger partial charge in [-0.05, 0) is 6.92 Å². The van der Waals surface area contributed by atoms with Crippen molar-refractivity contribution >= 4 is 17.5 Å². The summed E-state index contributed by atoms with van der Waals surface area (Å²) in [5.74, 6) is 0.553. The minimum Gasteiger partial charge on any atom is -0.353 e. The van der Waals surface area contributed by atoms with Crippen LogP contribution in [0.1, 0.15) is 6.92 Å². The van der Waals surface area contributed by atoms with Crippen LogP contribution in [0.2, 0.25) is 5.02 Å². The van der Waals surface area contributed by atoms with Crippen LogP contribution < -0.4 is 11.1 Å². The molecule has 0 bridgehead atoms. The van der Waals surface area contributed by atoms with E-state index in [1.54, 1.807) is 0 Å². The largest absolute Gasteiger partial charge is 0.353 e. The Hall–Kier alpha value is -0.870. The van der Waals surface area contributed by atoms with E-state index in [-0.39, 0.29) is 6.04 Å². The SMILES string of the molecule is CC(N)CNc1ncc(Cl)cn1. The van der Waals surface area contributed by atoms with Crippen molar-refractivity contribution in [2.24, 2.45) is 5.73 Å². The molecular weight excluding hydrogens is 176 g/mol. The quantitative estimate of drug-likeness (QED) is 0.736. The van der Waals surface area contributed by atoms with Gasteiger partial charge in [0.1, 0.15) is 0 Å². The number of nitrogens with zero attached hydrogens (tertiary/aromatic N) is 2. The van der Waals surface area contributed by atoms with Gasteiger partial charge in [-0.15, -0.1) is 0 Å². The molecule has 1 unspecified atom stereocenters. The van der Waals surface area contributed by atoms with E-state index in [9.17, 15) is 0 Å². The summed E-state index contributed by atoms with van der Waals surface area (Å²) in [4.78, 5) is 7.88. The number of halogens is 1. The number of rotatable bonds is 3. The first kappa shape index (κ1) is 9.22. The van der Waals surface area contributed by atoms with Crippen LogP contribution in [0.25, 0.3) is 0 Å². The molecular formula is C7H11ClN4. The standard InChI is InChI=1S/C7H11ClN4/c1-5(9)2-10-7-11-3-6(8)4-12-7/h3-5H,2,9H2,1H3,(H,10,11,12). The summed E-state index contributed by atoms with van der Waals surface area (Å²) in [6.07, 6.45) is 3.08. The summed E-state index contributed by atoms with van der Waals surface area (Å²) < 4.78 is 0. The Balaban J connectivity index is 2.48. The van der Waals surface area contributed by atoms with Gasteiger partial charge in [0.2, 0.25) is 5.95 Å². The maximum atomic E-state index is 5.60. The van der Waals surface area contributed by atoms with Crippen LogP contribution in [0.4, 0.5) is 5.95 Å². The van der Waals surface area contributed by atoms with Crippen LogP contribution in [0.5, 0.6) is 0 Å². The molecule has 3 N–H and O–H groups in total. The van der Waals surface area contributed by atoms with E-state index >= 15 is 0 Å². The van der Waals surface area contributed by atoms with Gasteiger partial charge in [0, 0.05) is 12.6 Å². The molecule has 12 heavy (non-hydrogen) atoms. The molecule has 66 valence electrons. The van der Waals surface area contributed by atoms with Gasteiger partial charge >= 0.3 is 0 Å². The maximum absolute atomic E-state index is 5.60. The van der Waals surface area contributed by atoms with Gasteiger partial charge in [-0.2, -0.15) is 0 Å². The molecule has 0 aliphatic heterocycles. The second-order valence-corrected chi connectivity index (χ2v) is 3.02. The fourth-order valence-electron chi connectivity index (χ4n) is 0.656. The molecule has 0 radical (unpaired) electrons. The molecule has 0 saturated carbocycles. The van der Waals surface area contributed by atoms with E-state index in [1.165, 1.54) is 12.4 Å². The van der Waals surface area contributed by atoms with E-state index in [2.05, 4.69) is 15.3 Å². The minimum absolute atomic E-state index is 0.0873. The Morgan fingerprint density at radius 1 is 1.58 bits per heavy atom. The first-order chi connectivity index (χ1) is 5.68. The van der Waals surface area contributed by atoms with E-state index in [1.807, 2.05) is 6.92 Å². The Bertz CT molecular complexity index is 234. The van der Waals surface area contributed by atoms with E-state index < -0.39 is 0 Å². The average molecular weight is 187 g/mol. The van der Waals surface area contributed by atoms with Crippen LogP contribution >= 0.6 is 11.6 Å². The Morgan fingerprint density at radius 2 is 2.17 bits per heavy atom. The predicted molar refractivity (Wildman–Crippen MR) is 49.2 cm³/mol. The van der Waals surface area contributed by atoms with E-state index in [4.69, 9.17) is 17.3 Å². The number of anilines is 1. The van der Waals surface area contributed by atoms with Crippen molar-refractivity contribution in [3.8, 4) is 0 Å². The van der Waals surface area contributed by atoms with Gasteiger partial charge in [0.15, 0.2) is 0 Å². The normalized spacial score (nSPS) is 12.6. The summed E-state index contributed by atoms with van der Waals surface area (Å²) in [7, 11) is 0. The summed E-state index contributed by atoms with van der Waals surface area (Å²) >= 11 is 5.60. The predicted octanol–water partition coefficient (Wildman–Crippen LogP) is 0.889. The van der Waals surface area contributed by atoms with E-state index in [0.717, 1.165) is 0 Å². The lowest BCUT2D eigenvalue weighted by Gasteiger charge is -2.06. The van der Waals surface area contributed by atoms with Crippen molar-refractivity contribution in [2.45, 2.75) is 13.0 Å². The molecule has 0 aliphatic carbocycles. The first-order valence-corrected chi connectivity index (χ1v) is 4.03. The Labute approximate surface area is 76.2 Å². The van der Waals surface area contributed by atoms with Crippen LogP contribution in [0.3, 0.4) is 0 Å². The zero-order valence-electron chi connectivity index (χ0n) is 6.79. The lowest BCUT2D eigenvalue weighted by molar-refractivity contribution is 0.773. The second-order valence-electron chi connectivity index (χ2n) is 2.58. The monoisotopic (exact) mass is 186 g/mol. The highest BCUT2D eigenvalue weighted by molar-refractivity contribution is 6.30. The van der Waals surface area contributed by atoms with Gasteiger partial charge in [-0.3, -0.25) is 0 Å². The fourth-order valence-corrected chi connectivity index (χ4v) is 0.753. The zero-order valence-corrected chi connectivity index (χ0v) is 7.54. The molecule has 0 fully saturated rings. The smallest absolute Gasteiger partial charge is 0.222 e. The summed E-state index contributed by atoms with van der Waals surface area (Å²) in [5.41, 5.74) is 5.53. The van der Waals surface area contributed by atoms with Crippen molar-refractivity contribution in [1.82, 2.24) is 9.97 Å². The molecule has 1 atom stereocenters. The molecule has 1 aromatic heterocycles. The number of nitrogens with two attached hydrogens (primary N) is 1. The van der Waals surface area contributed by atoms with Crippen molar-refractivity contribution in [3.63, 3.8) is 0 Å². The maximum Gasteiger partial charge on any atom is 0.222 e. The van der Waals surface area contributed by atoms with Crippen LogP contribution in [-0.4, -0.2) is 22.6 Å². The lowest BCUT2D eigenvalue weighted by atomic mass is 10.4. The number of hydrogen-bond donors (Lipinski definition) is 2. The molecule has 5 heteroatoms. The third kappa shape index (κ3) is 3.02. The van der Waals surface area contributed by atoms with Crippen molar-refractivity contribution in [2.75, 3.05) is 11.9 Å². The number of nitrogens with one attached hydrogen (secondary N) is 1. The fraction of sp³-hybridized carbons (Fsp3) is 0.429. The second kappa shape index (κ2) is 4.23. The molecule has 0 saturated heterocycles. The molecule has 1 aromatic rings. The van der Waals surface area contributed by atoms with Crippen molar-refractivity contribution < 1.29 is 0 Å². The summed E-state index contributed by atoms with van der Waals surface area (Å²) in [5, 5.41) is 3.49. The van der Waals surface area contributed by atoms with Crippen molar-refractivity contribution in [1.29, 1.82) is 0 Å². The van der Waals surface area contributed by atoms with Gasteiger partial charge in [-0.25, -0.2) is 9.97 Å². The van der Waals surface area contributed by atoms with Gasteiger partial charge in [0.05, 0.1) is 17.4 Å². The molecule has 0 aromatic carbocycles. The summed E-state index contributed by atoms with van der Waals surface area (Å²) in [6, 6.07) is 0.0873. The third-order valence-corrected chi connectivity index (χ3v) is 1.40. The number of aromatic nitrogens is 2. The molecule has 0 amide bonds. The van der Waals surface area contributed by atoms with Gasteiger partial charge in [0.25, 0.3) is 0 Å². The van der Waals surface area contributed by atoms with Crippen LogP contribution in [0.15, 0.2) is 12.4 Å². The molecule has 0 spiro atoms. The highest BCUT2D eigenvalue weighted by atomic mass is 35.5. The van der Waals surface area contributed by atoms with Crippen molar-refractivity contribution in [3.05, 3.63) is 17.4 Å². The molecule has 0 aliphatic rings. The lowest BCUT2D eigenvalue weighted by Crippen LogP contribution is -2.25. The van der Waals surface area contributed by atoms with E-state index in [0.29, 0.717) is 17.5 Å². The highest BCUT2D eigenvalue weighted by Crippen LogP contribution is 2.04. The first-order valence-electron chi connectivity index (χ1n) is 3.65. The number of hydrogen-bond acceptors (Lipinski definition) is 4. The molecule has 4 nitrogen and oxygen atoms in total. The molecule has 1 rings (SSSR count). The average Bonchev–Trinajstić information content (AvgIpc) is 2.03. The minimum atomic E-state index is 0.0873. The van der Waals surface area contributed by atoms with Gasteiger partial charge < -0.3 is 11.1 Å². The van der Waals surface area contributed by atoms with Gasteiger partial charge in [-0.1, -0.05) is 11.6 Å². The summed E-state index contributed by atoms with van der Waals surface area (Å²) in [6.45, 7) is 2.56.